The van der Waals surface area contributed by atoms with Crippen LogP contribution in [0.3, 0.4) is 0 Å². The predicted molar refractivity (Wildman–Crippen MR) is 73.0 cm³/mol. The normalized spacial score (nSPS) is 10.4. The van der Waals surface area contributed by atoms with Crippen molar-refractivity contribution in [3.8, 4) is 0 Å². The van der Waals surface area contributed by atoms with Crippen LogP contribution in [0.1, 0.15) is 26.5 Å². The molecule has 0 fully saturated rings. The van der Waals surface area contributed by atoms with Crippen molar-refractivity contribution in [3.05, 3.63) is 53.2 Å². The monoisotopic (exact) mass is 310 g/mol. The summed E-state index contributed by atoms with van der Waals surface area (Å²) in [6.07, 6.45) is 1.37. The lowest BCUT2D eigenvalue weighted by Gasteiger charge is -2.04. The first-order valence-corrected chi connectivity index (χ1v) is 6.82. The second-order valence-corrected chi connectivity index (χ2v) is 5.03. The Bertz CT molecular complexity index is 680. The van der Waals surface area contributed by atoms with E-state index in [9.17, 15) is 14.0 Å². The molecule has 7 heteroatoms. The molecule has 0 unspecified atom stereocenters. The van der Waals surface area contributed by atoms with Gasteiger partial charge in [-0.05, 0) is 24.3 Å². The highest BCUT2D eigenvalue weighted by molar-refractivity contribution is 7.98. The number of methoxy groups -OCH3 is 1. The number of carboxylic acids is 1. The van der Waals surface area contributed by atoms with Crippen molar-refractivity contribution in [1.29, 1.82) is 0 Å². The first-order chi connectivity index (χ1) is 10.0. The molecule has 0 aliphatic rings. The Morgan fingerprint density at radius 1 is 1.33 bits per heavy atom. The Morgan fingerprint density at radius 2 is 2.10 bits per heavy atom. The van der Waals surface area contributed by atoms with E-state index in [0.717, 1.165) is 6.07 Å². The number of halogens is 1. The Labute approximate surface area is 123 Å². The van der Waals surface area contributed by atoms with Gasteiger partial charge >= 0.3 is 11.9 Å². The zero-order chi connectivity index (χ0) is 15.4. The summed E-state index contributed by atoms with van der Waals surface area (Å²) in [4.78, 5) is 22.9. The van der Waals surface area contributed by atoms with Crippen LogP contribution in [0.2, 0.25) is 0 Å². The summed E-state index contributed by atoms with van der Waals surface area (Å²) < 4.78 is 23.1. The summed E-state index contributed by atoms with van der Waals surface area (Å²) in [6, 6.07) is 5.29. The second kappa shape index (κ2) is 6.45. The highest BCUT2D eigenvalue weighted by atomic mass is 32.2. The maximum atomic E-state index is 13.3. The number of thioether (sulfide) groups is 1. The molecule has 2 aromatic rings. The molecule has 1 heterocycles. The van der Waals surface area contributed by atoms with Crippen LogP contribution in [0.4, 0.5) is 4.39 Å². The summed E-state index contributed by atoms with van der Waals surface area (Å²) >= 11 is 1.23. The third kappa shape index (κ3) is 3.43. The number of hydrogen-bond acceptors (Lipinski definition) is 5. The maximum absolute atomic E-state index is 13.3. The van der Waals surface area contributed by atoms with Gasteiger partial charge in [-0.1, -0.05) is 0 Å². The maximum Gasteiger partial charge on any atom is 0.341 e. The standard InChI is InChI=1S/C14H11FO5S/c1-19-14(18)9-4-5-20-12(9)7-21-8-2-3-11(15)10(6-8)13(16)17/h2-6H,7H2,1H3,(H,16,17). The minimum Gasteiger partial charge on any atom is -0.478 e. The molecule has 21 heavy (non-hydrogen) atoms. The van der Waals surface area contributed by atoms with Crippen LogP contribution in [-0.4, -0.2) is 24.2 Å². The van der Waals surface area contributed by atoms with Gasteiger partial charge in [0.1, 0.15) is 17.1 Å². The number of carbonyl (C=O) groups excluding carboxylic acids is 1. The van der Waals surface area contributed by atoms with Gasteiger partial charge in [0.05, 0.1) is 24.7 Å². The van der Waals surface area contributed by atoms with E-state index < -0.39 is 23.3 Å². The molecular formula is C14H11FO5S. The first kappa shape index (κ1) is 15.1. The molecule has 0 bridgehead atoms. The van der Waals surface area contributed by atoms with E-state index >= 15 is 0 Å². The van der Waals surface area contributed by atoms with Gasteiger partial charge in [0.2, 0.25) is 0 Å². The molecule has 0 saturated heterocycles. The molecule has 0 aliphatic heterocycles. The molecule has 1 N–H and O–H groups in total. The Morgan fingerprint density at radius 3 is 2.76 bits per heavy atom. The lowest BCUT2D eigenvalue weighted by Crippen LogP contribution is -2.02. The number of rotatable bonds is 5. The molecule has 2 rings (SSSR count). The molecule has 0 radical (unpaired) electrons. The van der Waals surface area contributed by atoms with Crippen LogP contribution >= 0.6 is 11.8 Å². The minimum atomic E-state index is -1.33. The molecule has 0 spiro atoms. The van der Waals surface area contributed by atoms with Crippen molar-refractivity contribution < 1.29 is 28.2 Å². The molecule has 0 amide bonds. The number of carbonyl (C=O) groups is 2. The second-order valence-electron chi connectivity index (χ2n) is 3.98. The van der Waals surface area contributed by atoms with Crippen molar-refractivity contribution in [2.45, 2.75) is 10.6 Å². The number of furan rings is 1. The lowest BCUT2D eigenvalue weighted by molar-refractivity contribution is 0.0597. The SMILES string of the molecule is COC(=O)c1ccoc1CSc1ccc(F)c(C(=O)O)c1. The molecule has 0 atom stereocenters. The van der Waals surface area contributed by atoms with Crippen LogP contribution in [-0.2, 0) is 10.5 Å². The van der Waals surface area contributed by atoms with Crippen molar-refractivity contribution in [2.24, 2.45) is 0 Å². The summed E-state index contributed by atoms with van der Waals surface area (Å²) in [5, 5.41) is 8.86. The summed E-state index contributed by atoms with van der Waals surface area (Å²) in [7, 11) is 1.27. The molecular weight excluding hydrogens is 299 g/mol. The van der Waals surface area contributed by atoms with Crippen LogP contribution in [0, 0.1) is 5.82 Å². The zero-order valence-corrected chi connectivity index (χ0v) is 11.8. The number of hydrogen-bond donors (Lipinski definition) is 1. The van der Waals surface area contributed by atoms with E-state index in [1.807, 2.05) is 0 Å². The van der Waals surface area contributed by atoms with Crippen LogP contribution in [0.5, 0.6) is 0 Å². The van der Waals surface area contributed by atoms with Gasteiger partial charge in [-0.2, -0.15) is 0 Å². The zero-order valence-electron chi connectivity index (χ0n) is 11.0. The third-order valence-corrected chi connectivity index (χ3v) is 3.68. The van der Waals surface area contributed by atoms with Gasteiger partial charge in [0.25, 0.3) is 0 Å². The van der Waals surface area contributed by atoms with Crippen molar-refractivity contribution in [3.63, 3.8) is 0 Å². The molecule has 0 saturated carbocycles. The largest absolute Gasteiger partial charge is 0.478 e. The lowest BCUT2D eigenvalue weighted by atomic mass is 10.2. The van der Waals surface area contributed by atoms with Gasteiger partial charge in [0.15, 0.2) is 0 Å². The van der Waals surface area contributed by atoms with E-state index in [1.165, 1.54) is 43.3 Å². The Kier molecular flexibility index (Phi) is 4.64. The fraction of sp³-hybridized carbons (Fsp3) is 0.143. The van der Waals surface area contributed by atoms with Gasteiger partial charge in [-0.15, -0.1) is 11.8 Å². The Hall–Kier alpha value is -2.28. The van der Waals surface area contributed by atoms with Gasteiger partial charge in [0, 0.05) is 4.90 Å². The van der Waals surface area contributed by atoms with E-state index in [0.29, 0.717) is 22.0 Å². The van der Waals surface area contributed by atoms with E-state index in [4.69, 9.17) is 9.52 Å². The van der Waals surface area contributed by atoms with Crippen LogP contribution in [0.15, 0.2) is 39.8 Å². The molecule has 110 valence electrons. The topological polar surface area (TPSA) is 76.7 Å². The van der Waals surface area contributed by atoms with Gasteiger partial charge < -0.3 is 14.3 Å². The van der Waals surface area contributed by atoms with Crippen molar-refractivity contribution >= 4 is 23.7 Å². The fourth-order valence-corrected chi connectivity index (χ4v) is 2.54. The number of esters is 1. The summed E-state index contributed by atoms with van der Waals surface area (Å²) in [6.45, 7) is 0. The number of carboxylic acid groups (broad SMARTS) is 1. The third-order valence-electron chi connectivity index (χ3n) is 2.69. The average Bonchev–Trinajstić information content (AvgIpc) is 2.93. The van der Waals surface area contributed by atoms with Gasteiger partial charge in [-0.3, -0.25) is 0 Å². The first-order valence-electron chi connectivity index (χ1n) is 5.83. The number of ether oxygens (including phenoxy) is 1. The van der Waals surface area contributed by atoms with Crippen molar-refractivity contribution in [1.82, 2.24) is 0 Å². The molecule has 1 aromatic heterocycles. The highest BCUT2D eigenvalue weighted by Gasteiger charge is 2.16. The van der Waals surface area contributed by atoms with E-state index in [-0.39, 0.29) is 0 Å². The van der Waals surface area contributed by atoms with Crippen LogP contribution < -0.4 is 0 Å². The van der Waals surface area contributed by atoms with E-state index in [1.54, 1.807) is 0 Å². The number of aromatic carboxylic acids is 1. The molecule has 0 aliphatic carbocycles. The summed E-state index contributed by atoms with van der Waals surface area (Å²) in [5.41, 5.74) is -0.0850. The quantitative estimate of drug-likeness (QED) is 0.675. The predicted octanol–water partition coefficient (Wildman–Crippen LogP) is 3.20. The molecule has 5 nitrogen and oxygen atoms in total. The minimum absolute atomic E-state index is 0.294. The fourth-order valence-electron chi connectivity index (χ4n) is 1.65. The van der Waals surface area contributed by atoms with E-state index in [2.05, 4.69) is 4.74 Å². The highest BCUT2D eigenvalue weighted by Crippen LogP contribution is 2.27. The summed E-state index contributed by atoms with van der Waals surface area (Å²) in [5.74, 6) is -1.93. The van der Waals surface area contributed by atoms with Crippen molar-refractivity contribution in [2.75, 3.05) is 7.11 Å². The Balaban J connectivity index is 2.14. The molecule has 1 aromatic carbocycles. The van der Waals surface area contributed by atoms with Gasteiger partial charge in [-0.25, -0.2) is 14.0 Å². The smallest absolute Gasteiger partial charge is 0.341 e. The number of benzene rings is 1. The average molecular weight is 310 g/mol. The van der Waals surface area contributed by atoms with Crippen LogP contribution in [0.25, 0.3) is 0 Å².